The molecule has 0 amide bonds. The second-order valence-electron chi connectivity index (χ2n) is 5.10. The van der Waals surface area contributed by atoms with Crippen LogP contribution in [0.1, 0.15) is 44.0 Å². The van der Waals surface area contributed by atoms with E-state index in [-0.39, 0.29) is 6.04 Å². The van der Waals surface area contributed by atoms with Crippen LogP contribution in [0.5, 0.6) is 0 Å². The molecule has 1 aliphatic rings. The molecule has 100 valence electrons. The van der Waals surface area contributed by atoms with Gasteiger partial charge in [-0.3, -0.25) is 4.68 Å². The molecule has 0 fully saturated rings. The van der Waals surface area contributed by atoms with Crippen molar-refractivity contribution in [1.29, 1.82) is 0 Å². The minimum absolute atomic E-state index is 0.208. The largest absolute Gasteiger partial charge is 0.324 e. The van der Waals surface area contributed by atoms with Gasteiger partial charge >= 0.3 is 0 Å². The van der Waals surface area contributed by atoms with E-state index >= 15 is 0 Å². The Labute approximate surface area is 114 Å². The highest BCUT2D eigenvalue weighted by atomic mass is 35.5. The van der Waals surface area contributed by atoms with Gasteiger partial charge in [0.1, 0.15) is 0 Å². The third kappa shape index (κ3) is 2.96. The number of allylic oxidation sites excluding steroid dienone is 1. The molecule has 0 saturated heterocycles. The molecule has 1 aromatic rings. The molecular formula is C14H22ClN3. The molecule has 4 heteroatoms. The molecule has 1 aliphatic carbocycles. The highest BCUT2D eigenvalue weighted by molar-refractivity contribution is 6.31. The Hall–Kier alpha value is -0.800. The number of halogens is 1. The lowest BCUT2D eigenvalue weighted by atomic mass is 10.0. The summed E-state index contributed by atoms with van der Waals surface area (Å²) >= 11 is 6.38. The number of nitrogens with two attached hydrogens (primary N) is 1. The van der Waals surface area contributed by atoms with Crippen molar-refractivity contribution in [2.75, 3.05) is 0 Å². The van der Waals surface area contributed by atoms with Crippen LogP contribution in [0.2, 0.25) is 5.02 Å². The molecule has 2 N–H and O–H groups in total. The Balaban J connectivity index is 2.20. The number of nitrogens with zero attached hydrogens (tertiary/aromatic N) is 2. The van der Waals surface area contributed by atoms with Crippen LogP contribution in [0.25, 0.3) is 0 Å². The summed E-state index contributed by atoms with van der Waals surface area (Å²) < 4.78 is 1.92. The summed E-state index contributed by atoms with van der Waals surface area (Å²) in [5, 5.41) is 5.30. The Bertz CT molecular complexity index is 448. The lowest BCUT2D eigenvalue weighted by molar-refractivity contribution is 0.652. The minimum atomic E-state index is 0.208. The third-order valence-electron chi connectivity index (χ3n) is 3.63. The fourth-order valence-electron chi connectivity index (χ4n) is 2.58. The van der Waals surface area contributed by atoms with Crippen molar-refractivity contribution in [2.45, 2.75) is 51.5 Å². The van der Waals surface area contributed by atoms with Crippen LogP contribution in [0.3, 0.4) is 0 Å². The van der Waals surface area contributed by atoms with Gasteiger partial charge in [0.2, 0.25) is 0 Å². The predicted molar refractivity (Wildman–Crippen MR) is 75.8 cm³/mol. The van der Waals surface area contributed by atoms with E-state index in [4.69, 9.17) is 17.3 Å². The van der Waals surface area contributed by atoms with Gasteiger partial charge in [-0.05, 0) is 25.7 Å². The van der Waals surface area contributed by atoms with Crippen molar-refractivity contribution >= 4 is 11.6 Å². The van der Waals surface area contributed by atoms with E-state index in [0.29, 0.717) is 0 Å². The third-order valence-corrected chi connectivity index (χ3v) is 4.07. The molecule has 1 atom stereocenters. The van der Waals surface area contributed by atoms with Crippen molar-refractivity contribution < 1.29 is 0 Å². The Kier molecular flexibility index (Phi) is 4.46. The normalized spacial score (nSPS) is 20.7. The molecule has 2 rings (SSSR count). The van der Waals surface area contributed by atoms with E-state index in [1.165, 1.54) is 18.4 Å². The SMILES string of the molecule is CCc1nn(C)c(CC2=CC(N)CCCC2)c1Cl. The second-order valence-corrected chi connectivity index (χ2v) is 5.47. The lowest BCUT2D eigenvalue weighted by Gasteiger charge is -2.08. The van der Waals surface area contributed by atoms with Crippen LogP contribution in [-0.4, -0.2) is 15.8 Å². The average Bonchev–Trinajstić information content (AvgIpc) is 2.53. The quantitative estimate of drug-likeness (QED) is 0.856. The van der Waals surface area contributed by atoms with E-state index in [9.17, 15) is 0 Å². The Morgan fingerprint density at radius 1 is 1.50 bits per heavy atom. The summed E-state index contributed by atoms with van der Waals surface area (Å²) in [6, 6.07) is 0.208. The molecule has 18 heavy (non-hydrogen) atoms. The predicted octanol–water partition coefficient (Wildman–Crippen LogP) is 3.01. The van der Waals surface area contributed by atoms with Crippen LogP contribution in [0, 0.1) is 0 Å². The van der Waals surface area contributed by atoms with E-state index < -0.39 is 0 Å². The molecule has 0 spiro atoms. The maximum Gasteiger partial charge on any atom is 0.0853 e. The summed E-state index contributed by atoms with van der Waals surface area (Å²) in [7, 11) is 1.97. The first kappa shape index (κ1) is 13.6. The lowest BCUT2D eigenvalue weighted by Crippen LogP contribution is -2.16. The number of aryl methyl sites for hydroxylation is 2. The van der Waals surface area contributed by atoms with Crippen LogP contribution in [-0.2, 0) is 19.9 Å². The molecule has 0 aliphatic heterocycles. The molecule has 0 bridgehead atoms. The van der Waals surface area contributed by atoms with Gasteiger partial charge in [-0.25, -0.2) is 0 Å². The van der Waals surface area contributed by atoms with Crippen molar-refractivity contribution in [1.82, 2.24) is 9.78 Å². The molecule has 1 unspecified atom stereocenters. The summed E-state index contributed by atoms with van der Waals surface area (Å²) in [5.74, 6) is 0. The van der Waals surface area contributed by atoms with Crippen LogP contribution >= 0.6 is 11.6 Å². The highest BCUT2D eigenvalue weighted by Crippen LogP contribution is 2.26. The number of hydrogen-bond acceptors (Lipinski definition) is 2. The van der Waals surface area contributed by atoms with Crippen molar-refractivity contribution in [3.63, 3.8) is 0 Å². The zero-order valence-corrected chi connectivity index (χ0v) is 12.0. The number of aromatic nitrogens is 2. The monoisotopic (exact) mass is 267 g/mol. The number of hydrogen-bond donors (Lipinski definition) is 1. The molecule has 0 radical (unpaired) electrons. The maximum atomic E-state index is 6.38. The van der Waals surface area contributed by atoms with E-state index in [1.54, 1.807) is 0 Å². The van der Waals surface area contributed by atoms with Crippen LogP contribution in [0.4, 0.5) is 0 Å². The van der Waals surface area contributed by atoms with Gasteiger partial charge in [0.15, 0.2) is 0 Å². The molecule has 0 aromatic carbocycles. The van der Waals surface area contributed by atoms with E-state index in [1.807, 2.05) is 11.7 Å². The first-order valence-corrected chi connectivity index (χ1v) is 7.15. The van der Waals surface area contributed by atoms with Crippen LogP contribution in [0.15, 0.2) is 11.6 Å². The zero-order valence-electron chi connectivity index (χ0n) is 11.2. The first-order chi connectivity index (χ1) is 8.61. The highest BCUT2D eigenvalue weighted by Gasteiger charge is 2.16. The average molecular weight is 268 g/mol. The van der Waals surface area contributed by atoms with Crippen molar-refractivity contribution in [2.24, 2.45) is 12.8 Å². The fraction of sp³-hybridized carbons (Fsp3) is 0.643. The van der Waals surface area contributed by atoms with E-state index in [2.05, 4.69) is 18.1 Å². The van der Waals surface area contributed by atoms with Gasteiger partial charge in [-0.2, -0.15) is 5.10 Å². The maximum absolute atomic E-state index is 6.38. The van der Waals surface area contributed by atoms with Gasteiger partial charge in [0.25, 0.3) is 0 Å². The molecular weight excluding hydrogens is 246 g/mol. The van der Waals surface area contributed by atoms with Gasteiger partial charge in [-0.15, -0.1) is 0 Å². The smallest absolute Gasteiger partial charge is 0.0853 e. The zero-order chi connectivity index (χ0) is 13.1. The first-order valence-electron chi connectivity index (χ1n) is 6.77. The molecule has 1 aromatic heterocycles. The van der Waals surface area contributed by atoms with Crippen LogP contribution < -0.4 is 5.73 Å². The van der Waals surface area contributed by atoms with Gasteiger partial charge < -0.3 is 5.73 Å². The second kappa shape index (κ2) is 5.89. The van der Waals surface area contributed by atoms with Crippen molar-refractivity contribution in [3.8, 4) is 0 Å². The van der Waals surface area contributed by atoms with Crippen molar-refractivity contribution in [3.05, 3.63) is 28.1 Å². The summed E-state index contributed by atoms with van der Waals surface area (Å²) in [4.78, 5) is 0. The topological polar surface area (TPSA) is 43.8 Å². The van der Waals surface area contributed by atoms with E-state index in [0.717, 1.165) is 42.1 Å². The molecule has 3 nitrogen and oxygen atoms in total. The molecule has 1 heterocycles. The Morgan fingerprint density at radius 3 is 2.94 bits per heavy atom. The summed E-state index contributed by atoms with van der Waals surface area (Å²) in [6.07, 6.45) is 8.68. The summed E-state index contributed by atoms with van der Waals surface area (Å²) in [6.45, 7) is 2.08. The Morgan fingerprint density at radius 2 is 2.28 bits per heavy atom. The van der Waals surface area contributed by atoms with Gasteiger partial charge in [-0.1, -0.05) is 36.6 Å². The minimum Gasteiger partial charge on any atom is -0.324 e. The standard InChI is InChI=1S/C14H22ClN3/c1-3-12-14(15)13(18(2)17-12)9-10-6-4-5-7-11(16)8-10/h8,11H,3-7,9,16H2,1-2H3. The van der Waals surface area contributed by atoms with Gasteiger partial charge in [0, 0.05) is 19.5 Å². The fourth-order valence-corrected chi connectivity index (χ4v) is 2.94. The summed E-state index contributed by atoms with van der Waals surface area (Å²) in [5.41, 5.74) is 9.58. The molecule has 0 saturated carbocycles. The number of rotatable bonds is 3. The van der Waals surface area contributed by atoms with Gasteiger partial charge in [0.05, 0.1) is 16.4 Å².